The highest BCUT2D eigenvalue weighted by Gasteiger charge is 2.31. The Morgan fingerprint density at radius 1 is 0.867 bits per heavy atom. The maximum absolute atomic E-state index is 13.5. The molecule has 0 saturated carbocycles. The molecule has 1 aliphatic heterocycles. The zero-order chi connectivity index (χ0) is 20.8. The summed E-state index contributed by atoms with van der Waals surface area (Å²) in [7, 11) is 1.69. The number of hydrogen-bond donors (Lipinski definition) is 1. The lowest BCUT2D eigenvalue weighted by molar-refractivity contribution is -0.917. The van der Waals surface area contributed by atoms with E-state index in [4.69, 9.17) is 4.74 Å². The average molecular weight is 402 g/mol. The smallest absolute Gasteiger partial charge is 0.234 e. The third kappa shape index (κ3) is 4.71. The molecule has 1 fully saturated rings. The molecule has 1 aliphatic rings. The lowest BCUT2D eigenvalue weighted by Crippen LogP contribution is -3.13. The average Bonchev–Trinajstić information content (AvgIpc) is 2.81. The second-order valence-electron chi connectivity index (χ2n) is 7.85. The Bertz CT molecular complexity index is 894. The summed E-state index contributed by atoms with van der Waals surface area (Å²) in [5.41, 5.74) is 3.42. The molecule has 3 aromatic carbocycles. The topological polar surface area (TPSA) is 34.0 Å². The van der Waals surface area contributed by atoms with Crippen LogP contribution in [0.3, 0.4) is 0 Å². The number of carbonyl (C=O) groups excluding carboxylic acids is 1. The Morgan fingerprint density at radius 3 is 1.90 bits per heavy atom. The molecular formula is C26H29N2O2+. The number of piperazine rings is 1. The van der Waals surface area contributed by atoms with Crippen LogP contribution in [0.4, 0.5) is 0 Å². The number of amides is 1. The highest BCUT2D eigenvalue weighted by Crippen LogP contribution is 2.26. The number of ether oxygens (including phenoxy) is 1. The number of quaternary nitrogens is 1. The molecule has 1 amide bonds. The second kappa shape index (κ2) is 9.59. The molecule has 4 rings (SSSR count). The van der Waals surface area contributed by atoms with Crippen LogP contribution in [-0.4, -0.2) is 44.1 Å². The van der Waals surface area contributed by atoms with E-state index in [1.165, 1.54) is 10.5 Å². The van der Waals surface area contributed by atoms with Crippen LogP contribution in [0.25, 0.3) is 0 Å². The molecule has 0 spiro atoms. The lowest BCUT2D eigenvalue weighted by atomic mass is 9.90. The molecule has 3 aromatic rings. The summed E-state index contributed by atoms with van der Waals surface area (Å²) in [5.74, 6) is 0.850. The minimum absolute atomic E-state index is 0.205. The van der Waals surface area contributed by atoms with Crippen LogP contribution in [0, 0.1) is 0 Å². The van der Waals surface area contributed by atoms with E-state index >= 15 is 0 Å². The maximum Gasteiger partial charge on any atom is 0.234 e. The van der Waals surface area contributed by atoms with Crippen molar-refractivity contribution in [2.75, 3.05) is 33.3 Å². The van der Waals surface area contributed by atoms with Crippen molar-refractivity contribution >= 4 is 5.91 Å². The molecule has 0 unspecified atom stereocenters. The van der Waals surface area contributed by atoms with Gasteiger partial charge in [-0.05, 0) is 35.4 Å². The van der Waals surface area contributed by atoms with Crippen LogP contribution in [-0.2, 0) is 11.3 Å². The van der Waals surface area contributed by atoms with Gasteiger partial charge in [-0.1, -0.05) is 60.7 Å². The van der Waals surface area contributed by atoms with Gasteiger partial charge < -0.3 is 14.5 Å². The molecule has 4 heteroatoms. The highest BCUT2D eigenvalue weighted by molar-refractivity contribution is 5.87. The van der Waals surface area contributed by atoms with Gasteiger partial charge in [-0.15, -0.1) is 0 Å². The van der Waals surface area contributed by atoms with Crippen LogP contribution in [0.5, 0.6) is 5.75 Å². The van der Waals surface area contributed by atoms with Crippen molar-refractivity contribution in [3.05, 3.63) is 102 Å². The van der Waals surface area contributed by atoms with Crippen LogP contribution >= 0.6 is 0 Å². The quantitative estimate of drug-likeness (QED) is 0.689. The fraction of sp³-hybridized carbons (Fsp3) is 0.269. The van der Waals surface area contributed by atoms with E-state index in [1.54, 1.807) is 7.11 Å². The Balaban J connectivity index is 1.42. The molecule has 154 valence electrons. The fourth-order valence-corrected chi connectivity index (χ4v) is 4.20. The molecule has 30 heavy (non-hydrogen) atoms. The normalized spacial score (nSPS) is 14.7. The van der Waals surface area contributed by atoms with Gasteiger partial charge in [-0.25, -0.2) is 0 Å². The molecular weight excluding hydrogens is 372 g/mol. The van der Waals surface area contributed by atoms with Crippen molar-refractivity contribution in [3.8, 4) is 5.75 Å². The number of nitrogens with zero attached hydrogens (tertiary/aromatic N) is 1. The third-order valence-electron chi connectivity index (χ3n) is 5.91. The van der Waals surface area contributed by atoms with Gasteiger partial charge in [-0.3, -0.25) is 4.79 Å². The molecule has 0 aromatic heterocycles. The van der Waals surface area contributed by atoms with Gasteiger partial charge in [-0.2, -0.15) is 0 Å². The fourth-order valence-electron chi connectivity index (χ4n) is 4.20. The maximum atomic E-state index is 13.5. The second-order valence-corrected chi connectivity index (χ2v) is 7.85. The van der Waals surface area contributed by atoms with Crippen molar-refractivity contribution in [2.45, 2.75) is 12.5 Å². The largest absolute Gasteiger partial charge is 0.497 e. The third-order valence-corrected chi connectivity index (χ3v) is 5.91. The standard InChI is InChI=1S/C26H28N2O2/c1-30-24-14-12-21(13-15-24)20-27-16-18-28(19-17-27)26(29)25(22-8-4-2-5-9-22)23-10-6-3-7-11-23/h2-15,25H,16-20H2,1H3/p+1. The predicted molar refractivity (Wildman–Crippen MR) is 119 cm³/mol. The first-order chi connectivity index (χ1) is 14.7. The molecule has 1 N–H and O–H groups in total. The number of nitrogens with one attached hydrogen (secondary N) is 1. The molecule has 0 radical (unpaired) electrons. The minimum atomic E-state index is -0.240. The Hall–Kier alpha value is -3.11. The number of benzene rings is 3. The van der Waals surface area contributed by atoms with E-state index in [0.29, 0.717) is 0 Å². The summed E-state index contributed by atoms with van der Waals surface area (Å²) >= 11 is 0. The molecule has 4 nitrogen and oxygen atoms in total. The molecule has 0 bridgehead atoms. The summed E-state index contributed by atoms with van der Waals surface area (Å²) in [6.45, 7) is 4.50. The molecule has 0 atom stereocenters. The van der Waals surface area contributed by atoms with Gasteiger partial charge in [0.2, 0.25) is 5.91 Å². The number of methoxy groups -OCH3 is 1. The zero-order valence-electron chi connectivity index (χ0n) is 17.5. The Labute approximate surface area is 178 Å². The van der Waals surface area contributed by atoms with Crippen molar-refractivity contribution < 1.29 is 14.4 Å². The highest BCUT2D eigenvalue weighted by atomic mass is 16.5. The Morgan fingerprint density at radius 2 is 1.40 bits per heavy atom. The first kappa shape index (κ1) is 20.2. The monoisotopic (exact) mass is 401 g/mol. The van der Waals surface area contributed by atoms with Crippen LogP contribution in [0.15, 0.2) is 84.9 Å². The Kier molecular flexibility index (Phi) is 6.45. The molecule has 0 aliphatic carbocycles. The minimum Gasteiger partial charge on any atom is -0.497 e. The predicted octanol–water partition coefficient (Wildman–Crippen LogP) is 2.75. The van der Waals surface area contributed by atoms with E-state index in [1.807, 2.05) is 53.4 Å². The summed E-state index contributed by atoms with van der Waals surface area (Å²) in [5, 5.41) is 0. The lowest BCUT2D eigenvalue weighted by Gasteiger charge is -2.34. The van der Waals surface area contributed by atoms with Gasteiger partial charge in [0.1, 0.15) is 12.3 Å². The van der Waals surface area contributed by atoms with Gasteiger partial charge in [0, 0.05) is 5.56 Å². The summed E-state index contributed by atoms with van der Waals surface area (Å²) < 4.78 is 5.24. The summed E-state index contributed by atoms with van der Waals surface area (Å²) in [6.07, 6.45) is 0. The first-order valence-corrected chi connectivity index (χ1v) is 10.6. The number of hydrogen-bond acceptors (Lipinski definition) is 2. The first-order valence-electron chi connectivity index (χ1n) is 10.6. The molecule has 1 heterocycles. The van der Waals surface area contributed by atoms with Gasteiger partial charge in [0.25, 0.3) is 0 Å². The van der Waals surface area contributed by atoms with Gasteiger partial charge in [0.05, 0.1) is 39.2 Å². The van der Waals surface area contributed by atoms with Crippen molar-refractivity contribution in [3.63, 3.8) is 0 Å². The zero-order valence-corrected chi connectivity index (χ0v) is 17.5. The van der Waals surface area contributed by atoms with Crippen LogP contribution in [0.2, 0.25) is 0 Å². The molecule has 1 saturated heterocycles. The van der Waals surface area contributed by atoms with Crippen LogP contribution in [0.1, 0.15) is 22.6 Å². The summed E-state index contributed by atoms with van der Waals surface area (Å²) in [6, 6.07) is 28.5. The van der Waals surface area contributed by atoms with Gasteiger partial charge >= 0.3 is 0 Å². The van der Waals surface area contributed by atoms with Crippen LogP contribution < -0.4 is 9.64 Å². The van der Waals surface area contributed by atoms with E-state index in [2.05, 4.69) is 36.4 Å². The SMILES string of the molecule is COc1ccc(C[NH+]2CCN(C(=O)C(c3ccccc3)c3ccccc3)CC2)cc1. The summed E-state index contributed by atoms with van der Waals surface area (Å²) in [4.78, 5) is 17.1. The van der Waals surface area contributed by atoms with Crippen molar-refractivity contribution in [1.82, 2.24) is 4.90 Å². The van der Waals surface area contributed by atoms with E-state index in [0.717, 1.165) is 49.6 Å². The number of rotatable bonds is 6. The van der Waals surface area contributed by atoms with Crippen molar-refractivity contribution in [1.29, 1.82) is 0 Å². The van der Waals surface area contributed by atoms with E-state index in [9.17, 15) is 4.79 Å². The van der Waals surface area contributed by atoms with E-state index in [-0.39, 0.29) is 11.8 Å². The van der Waals surface area contributed by atoms with E-state index < -0.39 is 0 Å². The van der Waals surface area contributed by atoms with Crippen molar-refractivity contribution in [2.24, 2.45) is 0 Å². The van der Waals surface area contributed by atoms with Gasteiger partial charge in [0.15, 0.2) is 0 Å². The number of carbonyl (C=O) groups is 1.